The highest BCUT2D eigenvalue weighted by Gasteiger charge is 2.51. The van der Waals surface area contributed by atoms with Crippen molar-refractivity contribution in [1.29, 1.82) is 0 Å². The zero-order valence-electron chi connectivity index (χ0n) is 15.2. The average Bonchev–Trinajstić information content (AvgIpc) is 2.50. The van der Waals surface area contributed by atoms with Crippen LogP contribution in [0.15, 0.2) is 18.2 Å². The second-order valence-corrected chi connectivity index (χ2v) is 6.36. The van der Waals surface area contributed by atoms with E-state index >= 15 is 0 Å². The summed E-state index contributed by atoms with van der Waals surface area (Å²) in [5.74, 6) is 0.979. The van der Waals surface area contributed by atoms with E-state index in [4.69, 9.17) is 10.3 Å². The Labute approximate surface area is 121 Å². The molecule has 3 aliphatic rings. The minimum absolute atomic E-state index is 0.127. The average molecular weight is 261 g/mol. The van der Waals surface area contributed by atoms with E-state index in [-0.39, 0.29) is 5.41 Å². The minimum Gasteiger partial charge on any atom is -0.497 e. The highest BCUT2D eigenvalue weighted by Crippen LogP contribution is 2.54. The summed E-state index contributed by atoms with van der Waals surface area (Å²) >= 11 is 0. The number of fused-ring (bicyclic) bond motifs is 1. The zero-order chi connectivity index (χ0) is 16.2. The van der Waals surface area contributed by atoms with E-state index in [0.717, 1.165) is 25.8 Å². The van der Waals surface area contributed by atoms with E-state index in [0.29, 0.717) is 17.7 Å². The third-order valence-electron chi connectivity index (χ3n) is 5.65. The first-order chi connectivity index (χ1) is 10.9. The SMILES string of the molecule is [2H]N1CC[C@@]23CCCCC2[C@@H]1Cc1ccc(OC([2H])([2H])[2H])cc13. The van der Waals surface area contributed by atoms with Crippen LogP contribution >= 0.6 is 0 Å². The lowest BCUT2D eigenvalue weighted by Gasteiger charge is -2.56. The van der Waals surface area contributed by atoms with Crippen LogP contribution in [0.1, 0.15) is 47.3 Å². The second kappa shape index (κ2) is 4.24. The maximum absolute atomic E-state index is 8.31. The van der Waals surface area contributed by atoms with Crippen molar-refractivity contribution in [2.75, 3.05) is 13.6 Å². The third kappa shape index (κ3) is 1.59. The lowest BCUT2D eigenvalue weighted by Crippen LogP contribution is -2.59. The van der Waals surface area contributed by atoms with Gasteiger partial charge in [0.15, 0.2) is 0 Å². The third-order valence-corrected chi connectivity index (χ3v) is 5.65. The predicted molar refractivity (Wildman–Crippen MR) is 76.7 cm³/mol. The van der Waals surface area contributed by atoms with Gasteiger partial charge in [-0.25, -0.2) is 0 Å². The molecule has 2 bridgehead atoms. The van der Waals surface area contributed by atoms with Crippen molar-refractivity contribution in [2.24, 2.45) is 5.92 Å². The van der Waals surface area contributed by atoms with E-state index in [1.54, 1.807) is 11.4 Å². The molecular formula is C17H23NO. The van der Waals surface area contributed by atoms with E-state index in [2.05, 4.69) is 0 Å². The van der Waals surface area contributed by atoms with Crippen molar-refractivity contribution in [2.45, 2.75) is 50.0 Å². The van der Waals surface area contributed by atoms with E-state index in [1.165, 1.54) is 30.4 Å². The number of methoxy groups -OCH3 is 1. The van der Waals surface area contributed by atoms with Crippen molar-refractivity contribution >= 4 is 0 Å². The fraction of sp³-hybridized carbons (Fsp3) is 0.647. The van der Waals surface area contributed by atoms with Crippen molar-refractivity contribution in [3.63, 3.8) is 0 Å². The molecule has 0 spiro atoms. The van der Waals surface area contributed by atoms with Gasteiger partial charge in [0.05, 0.1) is 11.2 Å². The van der Waals surface area contributed by atoms with Gasteiger partial charge < -0.3 is 10.0 Å². The van der Waals surface area contributed by atoms with Gasteiger partial charge in [-0.2, -0.15) is 0 Å². The van der Waals surface area contributed by atoms with Gasteiger partial charge in [-0.15, -0.1) is 0 Å². The number of ether oxygens (including phenoxy) is 1. The number of hydrogen-bond acceptors (Lipinski definition) is 2. The summed E-state index contributed by atoms with van der Waals surface area (Å²) in [6.07, 6.45) is 6.72. The Bertz CT molecular complexity index is 617. The Balaban J connectivity index is 1.79. The summed E-state index contributed by atoms with van der Waals surface area (Å²) in [6.45, 7) is 0.810. The van der Waals surface area contributed by atoms with Crippen LogP contribution in [0.3, 0.4) is 0 Å². The molecule has 4 rings (SSSR count). The minimum atomic E-state index is -2.40. The predicted octanol–water partition coefficient (Wildman–Crippen LogP) is 3.04. The Morgan fingerprint density at radius 2 is 2.42 bits per heavy atom. The molecule has 0 amide bonds. The van der Waals surface area contributed by atoms with Crippen LogP contribution < -0.4 is 10.0 Å². The number of piperidine rings is 1. The van der Waals surface area contributed by atoms with Gasteiger partial charge in [-0.3, -0.25) is 0 Å². The molecule has 19 heavy (non-hydrogen) atoms. The molecule has 2 aliphatic carbocycles. The molecule has 1 heterocycles. The fourth-order valence-electron chi connectivity index (χ4n) is 4.86. The monoisotopic (exact) mass is 261 g/mol. The molecule has 0 aromatic heterocycles. The van der Waals surface area contributed by atoms with Crippen molar-refractivity contribution in [3.8, 4) is 5.75 Å². The van der Waals surface area contributed by atoms with Crippen molar-refractivity contribution in [3.05, 3.63) is 29.3 Å². The molecule has 2 heteroatoms. The lowest BCUT2D eigenvalue weighted by atomic mass is 9.53. The highest BCUT2D eigenvalue weighted by molar-refractivity contribution is 5.45. The number of nitrogens with one attached hydrogen (secondary N) is 1. The number of rotatable bonds is 1. The fourth-order valence-corrected chi connectivity index (χ4v) is 4.86. The van der Waals surface area contributed by atoms with E-state index in [1.807, 2.05) is 12.1 Å². The molecule has 102 valence electrons. The topological polar surface area (TPSA) is 21.3 Å². The summed E-state index contributed by atoms with van der Waals surface area (Å²) in [6, 6.07) is 6.09. The second-order valence-electron chi connectivity index (χ2n) is 6.36. The normalized spacial score (nSPS) is 41.1. The molecule has 1 saturated carbocycles. The summed E-state index contributed by atoms with van der Waals surface area (Å²) in [5.41, 5.74) is 2.71. The summed E-state index contributed by atoms with van der Waals surface area (Å²) < 4.78 is 35.5. The molecule has 1 unspecified atom stereocenters. The molecule has 1 N–H and O–H groups in total. The molecule has 2 nitrogen and oxygen atoms in total. The molecule has 0 radical (unpaired) electrons. The van der Waals surface area contributed by atoms with Crippen LogP contribution in [-0.4, -0.2) is 19.6 Å². The molecule has 1 aromatic carbocycles. The van der Waals surface area contributed by atoms with Crippen LogP contribution in [0, 0.1) is 5.92 Å². The van der Waals surface area contributed by atoms with Gasteiger partial charge in [0.1, 0.15) is 7.16 Å². The maximum Gasteiger partial charge on any atom is 0.122 e. The first-order valence-electron chi connectivity index (χ1n) is 9.42. The molecule has 1 aliphatic heterocycles. The number of benzene rings is 1. The molecular weight excluding hydrogens is 234 g/mol. The summed E-state index contributed by atoms with van der Waals surface area (Å²) in [7, 11) is -2.40. The van der Waals surface area contributed by atoms with E-state index in [9.17, 15) is 0 Å². The number of hydrogen-bond donors (Lipinski definition) is 1. The van der Waals surface area contributed by atoms with Crippen LogP contribution in [-0.2, 0) is 11.8 Å². The Kier molecular flexibility index (Phi) is 1.85. The largest absolute Gasteiger partial charge is 0.497 e. The Morgan fingerprint density at radius 3 is 3.37 bits per heavy atom. The smallest absolute Gasteiger partial charge is 0.122 e. The summed E-state index contributed by atoms with van der Waals surface area (Å²) in [5, 5.41) is 1.80. The maximum atomic E-state index is 8.31. The Hall–Kier alpha value is -1.02. The zero-order valence-corrected chi connectivity index (χ0v) is 11.2. The van der Waals surface area contributed by atoms with Gasteiger partial charge in [0.2, 0.25) is 0 Å². The van der Waals surface area contributed by atoms with Gasteiger partial charge >= 0.3 is 0 Å². The van der Waals surface area contributed by atoms with E-state index < -0.39 is 7.04 Å². The van der Waals surface area contributed by atoms with Crippen LogP contribution in [0.5, 0.6) is 5.75 Å². The van der Waals surface area contributed by atoms with Crippen LogP contribution in [0.25, 0.3) is 0 Å². The van der Waals surface area contributed by atoms with Gasteiger partial charge in [0.25, 0.3) is 0 Å². The molecule has 3 atom stereocenters. The standard InChI is InChI=1S/C17H23NO/c1-19-13-6-5-12-10-16-14-4-2-3-7-17(14,8-9-18-16)15(12)11-13/h5-6,11,14,16,18H,2-4,7-10H2,1H3/t14?,16-,17-/m0/s1/i1D3/hD. The molecule has 1 saturated heterocycles. The van der Waals surface area contributed by atoms with Gasteiger partial charge in [-0.1, -0.05) is 18.9 Å². The molecule has 1 aromatic rings. The van der Waals surface area contributed by atoms with Crippen molar-refractivity contribution in [1.82, 2.24) is 5.31 Å². The Morgan fingerprint density at radius 1 is 1.42 bits per heavy atom. The summed E-state index contributed by atoms with van der Waals surface area (Å²) in [4.78, 5) is 0. The first kappa shape index (κ1) is 8.31. The van der Waals surface area contributed by atoms with Gasteiger partial charge in [-0.05, 0) is 61.4 Å². The highest BCUT2D eigenvalue weighted by atomic mass is 16.5. The first-order valence-corrected chi connectivity index (χ1v) is 7.47. The van der Waals surface area contributed by atoms with Crippen molar-refractivity contribution < 1.29 is 10.3 Å². The van der Waals surface area contributed by atoms with Gasteiger partial charge in [0, 0.05) is 11.5 Å². The van der Waals surface area contributed by atoms with Crippen LogP contribution in [0.2, 0.25) is 1.41 Å². The molecule has 2 fully saturated rings. The van der Waals surface area contributed by atoms with Crippen LogP contribution in [0.4, 0.5) is 0 Å². The lowest BCUT2D eigenvalue weighted by molar-refractivity contribution is 0.0795. The quantitative estimate of drug-likeness (QED) is 0.839.